The molecule has 0 spiro atoms. The number of rotatable bonds is 20. The smallest absolute Gasteiger partial charge is 0.426 e. The second kappa shape index (κ2) is 19.2. The van der Waals surface area contributed by atoms with Crippen molar-refractivity contribution in [1.29, 1.82) is 0 Å². The number of nitrogens with one attached hydrogen (secondary N) is 3. The SMILES string of the molecule is CC(C)(C)OC(=O)NNC(=O)CCOCCOCCOCCOCCNCC(=O)CCN1C(=O)C=CC1=O. The molecule has 0 aromatic rings. The van der Waals surface area contributed by atoms with E-state index in [9.17, 15) is 24.0 Å². The number of hydrogen-bond donors (Lipinski definition) is 3. The van der Waals surface area contributed by atoms with Crippen molar-refractivity contribution >= 4 is 29.6 Å². The van der Waals surface area contributed by atoms with Gasteiger partial charge in [-0.1, -0.05) is 0 Å². The minimum absolute atomic E-state index is 0.0751. The molecule has 0 bridgehead atoms. The van der Waals surface area contributed by atoms with E-state index in [-0.39, 0.29) is 38.3 Å². The first kappa shape index (κ1) is 33.1. The lowest BCUT2D eigenvalue weighted by molar-refractivity contribution is -0.137. The minimum Gasteiger partial charge on any atom is -0.443 e. The van der Waals surface area contributed by atoms with Gasteiger partial charge in [0.2, 0.25) is 5.91 Å². The lowest BCUT2D eigenvalue weighted by atomic mass is 10.2. The molecule has 0 saturated heterocycles. The zero-order valence-corrected chi connectivity index (χ0v) is 22.4. The molecule has 1 aliphatic rings. The first-order valence-corrected chi connectivity index (χ1v) is 12.4. The highest BCUT2D eigenvalue weighted by Gasteiger charge is 2.23. The van der Waals surface area contributed by atoms with Gasteiger partial charge in [-0.25, -0.2) is 10.2 Å². The average molecular weight is 545 g/mol. The average Bonchev–Trinajstić information content (AvgIpc) is 3.16. The molecule has 1 aliphatic heterocycles. The predicted molar refractivity (Wildman–Crippen MR) is 134 cm³/mol. The van der Waals surface area contributed by atoms with Gasteiger partial charge in [0.1, 0.15) is 11.4 Å². The number of hydrazine groups is 1. The van der Waals surface area contributed by atoms with Crippen LogP contribution in [0.4, 0.5) is 4.79 Å². The predicted octanol–water partition coefficient (Wildman–Crippen LogP) is -0.527. The van der Waals surface area contributed by atoms with Gasteiger partial charge in [0.05, 0.1) is 65.8 Å². The first-order valence-electron chi connectivity index (χ1n) is 12.4. The molecule has 0 radical (unpaired) electrons. The third kappa shape index (κ3) is 17.5. The van der Waals surface area contributed by atoms with Gasteiger partial charge in [-0.2, -0.15) is 0 Å². The van der Waals surface area contributed by atoms with Gasteiger partial charge in [-0.15, -0.1) is 0 Å². The molecular weight excluding hydrogens is 504 g/mol. The van der Waals surface area contributed by atoms with Crippen LogP contribution in [0.25, 0.3) is 0 Å². The summed E-state index contributed by atoms with van der Waals surface area (Å²) in [6.45, 7) is 8.71. The lowest BCUT2D eigenvalue weighted by Crippen LogP contribution is -2.44. The Kier molecular flexibility index (Phi) is 16.7. The number of imide groups is 1. The molecule has 1 heterocycles. The van der Waals surface area contributed by atoms with Gasteiger partial charge in [-0.3, -0.25) is 29.5 Å². The second-order valence-corrected chi connectivity index (χ2v) is 9.00. The normalized spacial score (nSPS) is 13.2. The molecule has 4 amide bonds. The van der Waals surface area contributed by atoms with Crippen LogP contribution in [0.15, 0.2) is 12.2 Å². The highest BCUT2D eigenvalue weighted by Crippen LogP contribution is 2.06. The van der Waals surface area contributed by atoms with Crippen LogP contribution in [0.2, 0.25) is 0 Å². The van der Waals surface area contributed by atoms with Crippen molar-refractivity contribution < 1.29 is 47.7 Å². The highest BCUT2D eigenvalue weighted by atomic mass is 16.6. The Bertz CT molecular complexity index is 780. The molecular formula is C24H40N4O10. The van der Waals surface area contributed by atoms with Gasteiger partial charge < -0.3 is 29.0 Å². The number of Topliss-reactive ketones (excluding diaryl/α,β-unsaturated/α-hetero) is 1. The van der Waals surface area contributed by atoms with E-state index in [4.69, 9.17) is 23.7 Å². The van der Waals surface area contributed by atoms with E-state index in [1.165, 1.54) is 12.2 Å². The minimum atomic E-state index is -0.738. The van der Waals surface area contributed by atoms with Gasteiger partial charge in [-0.05, 0) is 20.8 Å². The van der Waals surface area contributed by atoms with E-state index in [1.54, 1.807) is 20.8 Å². The van der Waals surface area contributed by atoms with Gasteiger partial charge >= 0.3 is 6.09 Å². The van der Waals surface area contributed by atoms with E-state index < -0.39 is 29.4 Å². The van der Waals surface area contributed by atoms with Crippen LogP contribution in [-0.2, 0) is 42.9 Å². The molecule has 0 unspecified atom stereocenters. The topological polar surface area (TPSA) is 171 Å². The van der Waals surface area contributed by atoms with Crippen LogP contribution in [0.5, 0.6) is 0 Å². The van der Waals surface area contributed by atoms with Gasteiger partial charge in [0.25, 0.3) is 11.8 Å². The lowest BCUT2D eigenvalue weighted by Gasteiger charge is -2.19. The van der Waals surface area contributed by atoms with Crippen molar-refractivity contribution in [1.82, 2.24) is 21.1 Å². The quantitative estimate of drug-likeness (QED) is 0.102. The zero-order chi connectivity index (χ0) is 28.2. The fourth-order valence-corrected chi connectivity index (χ4v) is 2.76. The summed E-state index contributed by atoms with van der Waals surface area (Å²) in [6, 6.07) is 0. The Hall–Kier alpha value is -2.91. The van der Waals surface area contributed by atoms with Crippen molar-refractivity contribution in [3.63, 3.8) is 0 Å². The van der Waals surface area contributed by atoms with Crippen LogP contribution in [0.1, 0.15) is 33.6 Å². The maximum atomic E-state index is 11.8. The Morgan fingerprint density at radius 2 is 1.29 bits per heavy atom. The van der Waals surface area contributed by atoms with Crippen LogP contribution >= 0.6 is 0 Å². The number of ether oxygens (including phenoxy) is 5. The van der Waals surface area contributed by atoms with Crippen molar-refractivity contribution in [3.05, 3.63) is 12.2 Å². The number of nitrogens with zero attached hydrogens (tertiary/aromatic N) is 1. The van der Waals surface area contributed by atoms with Crippen LogP contribution in [-0.4, -0.2) is 113 Å². The Balaban J connectivity index is 1.79. The molecule has 38 heavy (non-hydrogen) atoms. The summed E-state index contributed by atoms with van der Waals surface area (Å²) in [6.07, 6.45) is 1.84. The summed E-state index contributed by atoms with van der Waals surface area (Å²) in [5, 5.41) is 2.95. The fraction of sp³-hybridized carbons (Fsp3) is 0.708. The van der Waals surface area contributed by atoms with Crippen LogP contribution in [0, 0.1) is 0 Å². The maximum absolute atomic E-state index is 11.8. The highest BCUT2D eigenvalue weighted by molar-refractivity contribution is 6.13. The van der Waals surface area contributed by atoms with Crippen molar-refractivity contribution in [2.75, 3.05) is 72.5 Å². The van der Waals surface area contributed by atoms with Crippen molar-refractivity contribution in [2.24, 2.45) is 0 Å². The monoisotopic (exact) mass is 544 g/mol. The summed E-state index contributed by atoms with van der Waals surface area (Å²) in [5.41, 5.74) is 3.74. The van der Waals surface area contributed by atoms with Gasteiger partial charge in [0.15, 0.2) is 0 Å². The van der Waals surface area contributed by atoms with Crippen molar-refractivity contribution in [2.45, 2.75) is 39.2 Å². The number of hydrogen-bond acceptors (Lipinski definition) is 11. The Morgan fingerprint density at radius 3 is 1.84 bits per heavy atom. The van der Waals surface area contributed by atoms with Gasteiger partial charge in [0, 0.05) is 31.7 Å². The summed E-state index contributed by atoms with van der Waals surface area (Å²) in [5.74, 6) is -1.28. The van der Waals surface area contributed by atoms with E-state index in [1.807, 2.05) is 0 Å². The second-order valence-electron chi connectivity index (χ2n) is 9.00. The fourth-order valence-electron chi connectivity index (χ4n) is 2.76. The molecule has 0 atom stereocenters. The molecule has 0 fully saturated rings. The summed E-state index contributed by atoms with van der Waals surface area (Å²) in [4.78, 5) is 58.7. The Morgan fingerprint density at radius 1 is 0.763 bits per heavy atom. The molecule has 0 aromatic heterocycles. The number of carbonyl (C=O) groups is 5. The zero-order valence-electron chi connectivity index (χ0n) is 22.4. The molecule has 0 saturated carbocycles. The summed E-state index contributed by atoms with van der Waals surface area (Å²) >= 11 is 0. The van der Waals surface area contributed by atoms with E-state index in [2.05, 4.69) is 16.2 Å². The van der Waals surface area contributed by atoms with Crippen LogP contribution in [0.3, 0.4) is 0 Å². The summed E-state index contributed by atoms with van der Waals surface area (Å²) in [7, 11) is 0. The standard InChI is InChI=1S/C24H40N4O10/c1-24(2,3)38-23(33)27-26-20(30)7-10-34-12-14-36-16-17-37-15-13-35-11-8-25-18-19(29)6-9-28-21(31)4-5-22(28)32/h4-5,25H,6-18H2,1-3H3,(H,26,30)(H,27,33). The molecule has 14 nitrogen and oxygen atoms in total. The van der Waals surface area contributed by atoms with Crippen LogP contribution < -0.4 is 16.2 Å². The third-order valence-corrected chi connectivity index (χ3v) is 4.55. The number of amides is 4. The molecule has 0 aromatic carbocycles. The first-order chi connectivity index (χ1) is 18.1. The molecule has 216 valence electrons. The van der Waals surface area contributed by atoms with Crippen molar-refractivity contribution in [3.8, 4) is 0 Å². The number of ketones is 1. The molecule has 1 rings (SSSR count). The molecule has 0 aliphatic carbocycles. The Labute approximate surface area is 222 Å². The molecule has 14 heteroatoms. The third-order valence-electron chi connectivity index (χ3n) is 4.55. The summed E-state index contributed by atoms with van der Waals surface area (Å²) < 4.78 is 26.4. The number of carbonyl (C=O) groups excluding carboxylic acids is 5. The van der Waals surface area contributed by atoms with E-state index >= 15 is 0 Å². The van der Waals surface area contributed by atoms with E-state index in [0.717, 1.165) is 4.90 Å². The largest absolute Gasteiger partial charge is 0.443 e. The molecule has 3 N–H and O–H groups in total. The maximum Gasteiger partial charge on any atom is 0.426 e. The van der Waals surface area contributed by atoms with E-state index in [0.29, 0.717) is 52.8 Å².